The third kappa shape index (κ3) is 2.70. The molecule has 0 aliphatic rings. The Balaban J connectivity index is 3.57. The predicted octanol–water partition coefficient (Wildman–Crippen LogP) is 1.19. The van der Waals surface area contributed by atoms with E-state index in [-0.39, 0.29) is 0 Å². The third-order valence-electron chi connectivity index (χ3n) is 3.04. The standard InChI is InChI=1S/C15H19N3O2/c1-4-7-10-8-9-13(12(6-3)11(10)5-2)15(16,17)14(19)20-18/h4-6,8-9H,1-3,7,16-18H2. The van der Waals surface area contributed by atoms with Crippen molar-refractivity contribution in [1.29, 1.82) is 0 Å². The highest BCUT2D eigenvalue weighted by Gasteiger charge is 2.35. The van der Waals surface area contributed by atoms with Gasteiger partial charge < -0.3 is 16.3 Å². The van der Waals surface area contributed by atoms with Crippen LogP contribution < -0.4 is 17.4 Å². The molecule has 1 aromatic rings. The van der Waals surface area contributed by atoms with Gasteiger partial charge in [-0.3, -0.25) is 0 Å². The third-order valence-corrected chi connectivity index (χ3v) is 3.04. The monoisotopic (exact) mass is 273 g/mol. The topological polar surface area (TPSA) is 104 Å². The fraction of sp³-hybridized carbons (Fsp3) is 0.133. The Bertz CT molecular complexity index is 562. The van der Waals surface area contributed by atoms with Crippen LogP contribution in [-0.4, -0.2) is 5.97 Å². The van der Waals surface area contributed by atoms with Gasteiger partial charge in [-0.15, -0.1) is 6.58 Å². The van der Waals surface area contributed by atoms with E-state index in [1.807, 2.05) is 0 Å². The lowest BCUT2D eigenvalue weighted by Gasteiger charge is -2.25. The van der Waals surface area contributed by atoms with Crippen molar-refractivity contribution in [2.24, 2.45) is 17.4 Å². The summed E-state index contributed by atoms with van der Waals surface area (Å²) in [4.78, 5) is 15.8. The average Bonchev–Trinajstić information content (AvgIpc) is 2.45. The van der Waals surface area contributed by atoms with Gasteiger partial charge in [0, 0.05) is 5.56 Å². The van der Waals surface area contributed by atoms with Crippen molar-refractivity contribution in [2.45, 2.75) is 12.1 Å². The summed E-state index contributed by atoms with van der Waals surface area (Å²) in [5.74, 6) is 3.93. The second-order valence-electron chi connectivity index (χ2n) is 4.27. The van der Waals surface area contributed by atoms with Crippen LogP contribution in [0.4, 0.5) is 0 Å². The highest BCUT2D eigenvalue weighted by molar-refractivity contribution is 5.84. The largest absolute Gasteiger partial charge is 0.371 e. The second-order valence-corrected chi connectivity index (χ2v) is 4.27. The summed E-state index contributed by atoms with van der Waals surface area (Å²) in [5.41, 5.74) is 12.6. The first kappa shape index (κ1) is 15.8. The number of rotatable bonds is 6. The molecule has 0 radical (unpaired) electrons. The van der Waals surface area contributed by atoms with E-state index in [9.17, 15) is 4.79 Å². The quantitative estimate of drug-likeness (QED) is 0.410. The molecule has 0 aliphatic heterocycles. The molecule has 0 bridgehead atoms. The summed E-state index contributed by atoms with van der Waals surface area (Å²) in [6.45, 7) is 11.2. The van der Waals surface area contributed by atoms with Crippen LogP contribution in [0, 0.1) is 0 Å². The molecule has 5 heteroatoms. The van der Waals surface area contributed by atoms with E-state index in [1.54, 1.807) is 30.4 Å². The maximum Gasteiger partial charge on any atom is 0.364 e. The number of nitrogens with two attached hydrogens (primary N) is 3. The molecule has 0 aliphatic carbocycles. The minimum atomic E-state index is -1.86. The van der Waals surface area contributed by atoms with Crippen LogP contribution in [0.2, 0.25) is 0 Å². The van der Waals surface area contributed by atoms with Crippen molar-refractivity contribution in [3.8, 4) is 0 Å². The first-order valence-corrected chi connectivity index (χ1v) is 5.95. The lowest BCUT2D eigenvalue weighted by atomic mass is 9.88. The van der Waals surface area contributed by atoms with E-state index in [4.69, 9.17) is 17.4 Å². The number of benzene rings is 1. The molecule has 0 aromatic heterocycles. The van der Waals surface area contributed by atoms with E-state index in [1.165, 1.54) is 0 Å². The van der Waals surface area contributed by atoms with Gasteiger partial charge in [-0.25, -0.2) is 4.79 Å². The van der Waals surface area contributed by atoms with E-state index in [0.29, 0.717) is 17.5 Å². The van der Waals surface area contributed by atoms with Crippen molar-refractivity contribution in [2.75, 3.05) is 0 Å². The molecule has 1 rings (SSSR count). The molecule has 6 N–H and O–H groups in total. The van der Waals surface area contributed by atoms with Crippen LogP contribution in [-0.2, 0) is 21.7 Å². The van der Waals surface area contributed by atoms with Gasteiger partial charge in [0.2, 0.25) is 0 Å². The molecular formula is C15H19N3O2. The number of hydrogen-bond donors (Lipinski definition) is 3. The van der Waals surface area contributed by atoms with Gasteiger partial charge in [0.1, 0.15) is 0 Å². The average molecular weight is 273 g/mol. The van der Waals surface area contributed by atoms with Crippen molar-refractivity contribution in [1.82, 2.24) is 0 Å². The molecule has 20 heavy (non-hydrogen) atoms. The second kappa shape index (κ2) is 6.29. The summed E-state index contributed by atoms with van der Waals surface area (Å²) < 4.78 is 0. The van der Waals surface area contributed by atoms with Crippen LogP contribution in [0.5, 0.6) is 0 Å². The van der Waals surface area contributed by atoms with Crippen LogP contribution in [0.15, 0.2) is 37.9 Å². The van der Waals surface area contributed by atoms with E-state index in [2.05, 4.69) is 24.6 Å². The smallest absolute Gasteiger partial charge is 0.364 e. The number of carbonyl (C=O) groups excluding carboxylic acids is 1. The summed E-state index contributed by atoms with van der Waals surface area (Å²) in [7, 11) is 0. The van der Waals surface area contributed by atoms with Crippen molar-refractivity contribution in [3.05, 3.63) is 60.2 Å². The summed E-state index contributed by atoms with van der Waals surface area (Å²) in [5, 5.41) is 0. The lowest BCUT2D eigenvalue weighted by molar-refractivity contribution is -0.151. The van der Waals surface area contributed by atoms with E-state index >= 15 is 0 Å². The molecule has 106 valence electrons. The normalized spacial score (nSPS) is 10.8. The Morgan fingerprint density at radius 3 is 2.25 bits per heavy atom. The zero-order valence-electron chi connectivity index (χ0n) is 11.3. The maximum absolute atomic E-state index is 11.6. The molecular weight excluding hydrogens is 254 g/mol. The predicted molar refractivity (Wildman–Crippen MR) is 80.9 cm³/mol. The van der Waals surface area contributed by atoms with Gasteiger partial charge in [-0.2, -0.15) is 5.90 Å². The molecule has 0 atom stereocenters. The summed E-state index contributed by atoms with van der Waals surface area (Å²) in [6.07, 6.45) is 5.63. The molecule has 0 amide bonds. The molecule has 0 saturated heterocycles. The first-order valence-electron chi connectivity index (χ1n) is 5.95. The molecule has 0 spiro atoms. The summed E-state index contributed by atoms with van der Waals surface area (Å²) in [6, 6.07) is 3.46. The molecule has 0 fully saturated rings. The number of carbonyl (C=O) groups is 1. The molecule has 5 nitrogen and oxygen atoms in total. The van der Waals surface area contributed by atoms with Crippen molar-refractivity contribution < 1.29 is 9.63 Å². The molecule has 0 saturated carbocycles. The Morgan fingerprint density at radius 2 is 1.80 bits per heavy atom. The minimum absolute atomic E-state index is 0.366. The SMILES string of the molecule is C=CCc1ccc(C(N)(N)C(=O)ON)c(C=C)c1C=C. The van der Waals surface area contributed by atoms with Gasteiger partial charge in [0.25, 0.3) is 0 Å². The van der Waals surface area contributed by atoms with Crippen LogP contribution >= 0.6 is 0 Å². The minimum Gasteiger partial charge on any atom is -0.371 e. The van der Waals surface area contributed by atoms with E-state index in [0.717, 1.165) is 11.1 Å². The summed E-state index contributed by atoms with van der Waals surface area (Å²) >= 11 is 0. The Hall–Kier alpha value is -2.21. The fourth-order valence-corrected chi connectivity index (χ4v) is 2.04. The highest BCUT2D eigenvalue weighted by atomic mass is 16.7. The highest BCUT2D eigenvalue weighted by Crippen LogP contribution is 2.27. The molecule has 0 unspecified atom stereocenters. The van der Waals surface area contributed by atoms with Crippen molar-refractivity contribution >= 4 is 18.1 Å². The van der Waals surface area contributed by atoms with Crippen LogP contribution in [0.3, 0.4) is 0 Å². The van der Waals surface area contributed by atoms with Gasteiger partial charge in [0.05, 0.1) is 0 Å². The number of hydrogen-bond acceptors (Lipinski definition) is 5. The number of allylic oxidation sites excluding steroid dienone is 1. The molecule has 1 aromatic carbocycles. The van der Waals surface area contributed by atoms with Crippen LogP contribution in [0.25, 0.3) is 12.2 Å². The van der Waals surface area contributed by atoms with Crippen LogP contribution in [0.1, 0.15) is 22.3 Å². The van der Waals surface area contributed by atoms with Gasteiger partial charge in [-0.05, 0) is 23.1 Å². The maximum atomic E-state index is 11.6. The lowest BCUT2D eigenvalue weighted by Crippen LogP contribution is -2.55. The molecule has 0 heterocycles. The zero-order valence-corrected chi connectivity index (χ0v) is 11.3. The Morgan fingerprint density at radius 1 is 1.20 bits per heavy atom. The first-order chi connectivity index (χ1) is 9.43. The zero-order chi connectivity index (χ0) is 15.3. The Kier molecular flexibility index (Phi) is 4.99. The van der Waals surface area contributed by atoms with Crippen molar-refractivity contribution in [3.63, 3.8) is 0 Å². The van der Waals surface area contributed by atoms with E-state index < -0.39 is 11.6 Å². The van der Waals surface area contributed by atoms with Gasteiger partial charge in [-0.1, -0.05) is 43.5 Å². The Labute approximate surface area is 118 Å². The van der Waals surface area contributed by atoms with Gasteiger partial charge in [0.15, 0.2) is 5.66 Å². The van der Waals surface area contributed by atoms with Gasteiger partial charge >= 0.3 is 5.97 Å². The fourth-order valence-electron chi connectivity index (χ4n) is 2.04.